The van der Waals surface area contributed by atoms with Crippen LogP contribution < -0.4 is 10.2 Å². The van der Waals surface area contributed by atoms with Gasteiger partial charge in [-0.3, -0.25) is 4.79 Å². The Hall–Kier alpha value is -1.89. The lowest BCUT2D eigenvalue weighted by atomic mass is 9.95. The van der Waals surface area contributed by atoms with Crippen molar-refractivity contribution < 1.29 is 13.2 Å². The van der Waals surface area contributed by atoms with Gasteiger partial charge in [-0.05, 0) is 43.9 Å². The van der Waals surface area contributed by atoms with Crippen LogP contribution in [0.2, 0.25) is 0 Å². The number of sulfonamides is 1. The molecule has 1 aliphatic carbocycles. The molecule has 3 aliphatic rings. The van der Waals surface area contributed by atoms with E-state index in [0.717, 1.165) is 51.5 Å². The summed E-state index contributed by atoms with van der Waals surface area (Å²) in [5.41, 5.74) is 1.05. The first-order chi connectivity index (χ1) is 12.5. The molecule has 0 bridgehead atoms. The minimum Gasteiger partial charge on any atom is -0.349 e. The van der Waals surface area contributed by atoms with E-state index in [1.165, 1.54) is 12.5 Å². The Bertz CT molecular complexity index is 842. The predicted octanol–water partition coefficient (Wildman–Crippen LogP) is 3.23. The molecule has 0 spiro atoms. The first kappa shape index (κ1) is 17.5. The molecule has 26 heavy (non-hydrogen) atoms. The average Bonchev–Trinajstić information content (AvgIpc) is 2.87. The number of amidine groups is 1. The van der Waals surface area contributed by atoms with E-state index >= 15 is 0 Å². The van der Waals surface area contributed by atoms with Crippen molar-refractivity contribution in [2.45, 2.75) is 68.7 Å². The van der Waals surface area contributed by atoms with Gasteiger partial charge < -0.3 is 10.2 Å². The maximum absolute atomic E-state index is 12.7. The van der Waals surface area contributed by atoms with Crippen LogP contribution in [0, 0.1) is 0 Å². The second-order valence-electron chi connectivity index (χ2n) is 7.44. The molecule has 0 atom stereocenters. The van der Waals surface area contributed by atoms with Crippen LogP contribution in [-0.2, 0) is 10.0 Å². The second-order valence-corrected chi connectivity index (χ2v) is 9.01. The number of benzene rings is 1. The zero-order valence-electron chi connectivity index (χ0n) is 14.9. The number of carbonyl (C=O) groups is 1. The fourth-order valence-corrected chi connectivity index (χ4v) is 5.42. The summed E-state index contributed by atoms with van der Waals surface area (Å²) < 4.78 is 29.4. The third kappa shape index (κ3) is 3.37. The van der Waals surface area contributed by atoms with Crippen LogP contribution in [-0.4, -0.2) is 32.7 Å². The molecular formula is C19H25N3O3S. The van der Waals surface area contributed by atoms with Gasteiger partial charge in [-0.15, -0.1) is 4.40 Å². The van der Waals surface area contributed by atoms with Crippen molar-refractivity contribution in [2.24, 2.45) is 4.40 Å². The average molecular weight is 375 g/mol. The van der Waals surface area contributed by atoms with Crippen molar-refractivity contribution in [3.05, 3.63) is 23.8 Å². The van der Waals surface area contributed by atoms with E-state index in [-0.39, 0.29) is 16.8 Å². The number of hydrogen-bond acceptors (Lipinski definition) is 4. The maximum atomic E-state index is 12.7. The number of carbonyl (C=O) groups excluding carboxylic acids is 1. The number of hydrogen-bond donors (Lipinski definition) is 1. The summed E-state index contributed by atoms with van der Waals surface area (Å²) in [6.45, 7) is 0.773. The summed E-state index contributed by atoms with van der Waals surface area (Å²) in [6, 6.07) is 5.19. The molecule has 0 radical (unpaired) electrons. The fraction of sp³-hybridized carbons (Fsp3) is 0.579. The molecule has 0 unspecified atom stereocenters. The first-order valence-corrected chi connectivity index (χ1v) is 11.0. The van der Waals surface area contributed by atoms with E-state index in [9.17, 15) is 13.2 Å². The molecule has 2 aliphatic heterocycles. The fourth-order valence-electron chi connectivity index (χ4n) is 4.14. The first-order valence-electron chi connectivity index (χ1n) is 9.61. The lowest BCUT2D eigenvalue weighted by molar-refractivity contribution is 0.0927. The third-order valence-corrected chi connectivity index (χ3v) is 6.88. The summed E-state index contributed by atoms with van der Waals surface area (Å²) in [5.74, 6) is 0.440. The molecule has 1 N–H and O–H groups in total. The van der Waals surface area contributed by atoms with Gasteiger partial charge in [-0.2, -0.15) is 8.42 Å². The molecule has 7 heteroatoms. The Morgan fingerprint density at radius 3 is 2.65 bits per heavy atom. The van der Waals surface area contributed by atoms with E-state index in [1.807, 2.05) is 4.90 Å². The van der Waals surface area contributed by atoms with Crippen molar-refractivity contribution in [3.63, 3.8) is 0 Å². The molecule has 0 aromatic heterocycles. The molecule has 140 valence electrons. The maximum Gasteiger partial charge on any atom is 0.286 e. The highest BCUT2D eigenvalue weighted by Crippen LogP contribution is 2.35. The molecular weight excluding hydrogens is 350 g/mol. The molecule has 1 saturated carbocycles. The largest absolute Gasteiger partial charge is 0.349 e. The van der Waals surface area contributed by atoms with Gasteiger partial charge in [-0.25, -0.2) is 0 Å². The molecule has 1 aromatic carbocycles. The number of rotatable bonds is 2. The van der Waals surface area contributed by atoms with E-state index in [1.54, 1.807) is 12.1 Å². The standard InChI is InChI=1S/C19H25N3O3S/c23-19(20-15-7-3-1-4-8-15)14-10-11-16-17(13-14)26(24,25)21-18-9-5-2-6-12-22(16)18/h10-11,13,15H,1-9,12H2,(H,20,23). The Kier molecular flexibility index (Phi) is 4.73. The van der Waals surface area contributed by atoms with Crippen LogP contribution in [0.1, 0.15) is 68.1 Å². The Morgan fingerprint density at radius 2 is 1.85 bits per heavy atom. The van der Waals surface area contributed by atoms with E-state index < -0.39 is 10.0 Å². The van der Waals surface area contributed by atoms with Crippen molar-refractivity contribution in [2.75, 3.05) is 11.4 Å². The van der Waals surface area contributed by atoms with Gasteiger partial charge in [0.2, 0.25) is 0 Å². The van der Waals surface area contributed by atoms with Gasteiger partial charge in [0.25, 0.3) is 15.9 Å². The Morgan fingerprint density at radius 1 is 1.08 bits per heavy atom. The monoisotopic (exact) mass is 375 g/mol. The van der Waals surface area contributed by atoms with Crippen molar-refractivity contribution >= 4 is 27.5 Å². The van der Waals surface area contributed by atoms with Crippen LogP contribution in [0.3, 0.4) is 0 Å². The molecule has 2 fully saturated rings. The number of amides is 1. The van der Waals surface area contributed by atoms with Gasteiger partial charge >= 0.3 is 0 Å². The van der Waals surface area contributed by atoms with E-state index in [4.69, 9.17) is 0 Å². The zero-order valence-corrected chi connectivity index (χ0v) is 15.7. The van der Waals surface area contributed by atoms with Gasteiger partial charge in [0, 0.05) is 24.6 Å². The predicted molar refractivity (Wildman–Crippen MR) is 101 cm³/mol. The highest BCUT2D eigenvalue weighted by atomic mass is 32.2. The van der Waals surface area contributed by atoms with Crippen LogP contribution in [0.25, 0.3) is 0 Å². The second kappa shape index (κ2) is 7.02. The van der Waals surface area contributed by atoms with Gasteiger partial charge in [0.1, 0.15) is 10.7 Å². The quantitative estimate of drug-likeness (QED) is 0.861. The lowest BCUT2D eigenvalue weighted by Crippen LogP contribution is -2.37. The molecule has 6 nitrogen and oxygen atoms in total. The van der Waals surface area contributed by atoms with Gasteiger partial charge in [-0.1, -0.05) is 25.7 Å². The van der Waals surface area contributed by atoms with Crippen LogP contribution in [0.5, 0.6) is 0 Å². The van der Waals surface area contributed by atoms with Crippen molar-refractivity contribution in [1.82, 2.24) is 5.32 Å². The highest BCUT2D eigenvalue weighted by Gasteiger charge is 2.32. The number of nitrogens with zero attached hydrogens (tertiary/aromatic N) is 2. The molecule has 1 aromatic rings. The minimum atomic E-state index is -3.75. The topological polar surface area (TPSA) is 78.8 Å². The van der Waals surface area contributed by atoms with Crippen molar-refractivity contribution in [1.29, 1.82) is 0 Å². The summed E-state index contributed by atoms with van der Waals surface area (Å²) >= 11 is 0. The summed E-state index contributed by atoms with van der Waals surface area (Å²) in [5, 5.41) is 3.05. The normalized spacial score (nSPS) is 22.6. The van der Waals surface area contributed by atoms with Crippen molar-refractivity contribution in [3.8, 4) is 0 Å². The van der Waals surface area contributed by atoms with Crippen LogP contribution >= 0.6 is 0 Å². The number of anilines is 1. The van der Waals surface area contributed by atoms with E-state index in [0.29, 0.717) is 23.5 Å². The SMILES string of the molecule is O=C(NC1CCCCC1)c1ccc2c(c1)S(=O)(=O)N=C1CCCCCN12. The Balaban J connectivity index is 1.63. The summed E-state index contributed by atoms with van der Waals surface area (Å²) in [7, 11) is -3.75. The molecule has 2 heterocycles. The third-order valence-electron chi connectivity index (χ3n) is 5.55. The zero-order chi connectivity index (χ0) is 18.1. The molecule has 1 saturated heterocycles. The van der Waals surface area contributed by atoms with Crippen LogP contribution in [0.4, 0.5) is 5.69 Å². The van der Waals surface area contributed by atoms with Gasteiger partial charge in [0.05, 0.1) is 5.69 Å². The number of nitrogens with one attached hydrogen (secondary N) is 1. The van der Waals surface area contributed by atoms with Crippen LogP contribution in [0.15, 0.2) is 27.5 Å². The summed E-state index contributed by atoms with van der Waals surface area (Å²) in [6.07, 6.45) is 9.22. The van der Waals surface area contributed by atoms with E-state index in [2.05, 4.69) is 9.71 Å². The molecule has 1 amide bonds. The number of fused-ring (bicyclic) bond motifs is 3. The van der Waals surface area contributed by atoms with Gasteiger partial charge in [0.15, 0.2) is 0 Å². The minimum absolute atomic E-state index is 0.152. The Labute approximate surface area is 154 Å². The lowest BCUT2D eigenvalue weighted by Gasteiger charge is -2.29. The highest BCUT2D eigenvalue weighted by molar-refractivity contribution is 7.90. The smallest absolute Gasteiger partial charge is 0.286 e. The summed E-state index contributed by atoms with van der Waals surface area (Å²) in [4.78, 5) is 14.8. The molecule has 4 rings (SSSR count).